The van der Waals surface area contributed by atoms with Crippen molar-refractivity contribution in [2.24, 2.45) is 5.73 Å². The molecule has 0 aliphatic heterocycles. The van der Waals surface area contributed by atoms with Crippen LogP contribution in [0.2, 0.25) is 0 Å². The first-order valence-electron chi connectivity index (χ1n) is 6.04. The molecule has 2 nitrogen and oxygen atoms in total. The van der Waals surface area contributed by atoms with Crippen LogP contribution in [0.5, 0.6) is 0 Å². The highest BCUT2D eigenvalue weighted by atomic mass is 14.8. The fraction of sp³-hybridized carbons (Fsp3) is 0.571. The first-order chi connectivity index (χ1) is 7.54. The first kappa shape index (κ1) is 13.2. The lowest BCUT2D eigenvalue weighted by Gasteiger charge is -2.19. The van der Waals surface area contributed by atoms with Crippen molar-refractivity contribution in [1.82, 2.24) is 5.32 Å². The van der Waals surface area contributed by atoms with Crippen molar-refractivity contribution < 1.29 is 0 Å². The molecular weight excluding hydrogens is 196 g/mol. The minimum absolute atomic E-state index is 0.229. The van der Waals surface area contributed by atoms with Gasteiger partial charge in [-0.1, -0.05) is 45.0 Å². The van der Waals surface area contributed by atoms with Gasteiger partial charge < -0.3 is 11.1 Å². The molecule has 1 aromatic carbocycles. The highest BCUT2D eigenvalue weighted by molar-refractivity contribution is 5.28. The summed E-state index contributed by atoms with van der Waals surface area (Å²) < 4.78 is 0. The molecule has 0 aromatic heterocycles. The van der Waals surface area contributed by atoms with Crippen LogP contribution in [0.1, 0.15) is 38.3 Å². The maximum atomic E-state index is 5.45. The minimum atomic E-state index is 0.229. The molecular formula is C14H24N2. The van der Waals surface area contributed by atoms with Crippen molar-refractivity contribution in [3.05, 3.63) is 35.4 Å². The summed E-state index contributed by atoms with van der Waals surface area (Å²) in [6.45, 7) is 9.42. The summed E-state index contributed by atoms with van der Waals surface area (Å²) in [6, 6.07) is 8.80. The standard InChI is InChI=1S/C14H24N2/c1-14(2,3)13-7-4-6-12(10-13)11-16-9-5-8-15/h4,6-7,10,16H,5,8-9,11,15H2,1-3H3. The molecule has 0 aliphatic carbocycles. The van der Waals surface area contributed by atoms with Gasteiger partial charge in [0.25, 0.3) is 0 Å². The molecule has 0 radical (unpaired) electrons. The van der Waals surface area contributed by atoms with Gasteiger partial charge in [0.05, 0.1) is 0 Å². The van der Waals surface area contributed by atoms with Gasteiger partial charge in [0.1, 0.15) is 0 Å². The molecule has 0 heterocycles. The van der Waals surface area contributed by atoms with E-state index < -0.39 is 0 Å². The Labute approximate surface area is 99.2 Å². The predicted octanol–water partition coefficient (Wildman–Crippen LogP) is 2.42. The Balaban J connectivity index is 2.54. The van der Waals surface area contributed by atoms with Crippen molar-refractivity contribution in [3.63, 3.8) is 0 Å². The molecule has 1 aromatic rings. The molecule has 0 spiro atoms. The first-order valence-corrected chi connectivity index (χ1v) is 6.04. The second-order valence-corrected chi connectivity index (χ2v) is 5.27. The summed E-state index contributed by atoms with van der Waals surface area (Å²) in [5.74, 6) is 0. The fourth-order valence-electron chi connectivity index (χ4n) is 1.61. The highest BCUT2D eigenvalue weighted by Gasteiger charge is 2.13. The zero-order chi connectivity index (χ0) is 12.0. The second-order valence-electron chi connectivity index (χ2n) is 5.27. The zero-order valence-electron chi connectivity index (χ0n) is 10.7. The van der Waals surface area contributed by atoms with Gasteiger partial charge in [0.15, 0.2) is 0 Å². The molecule has 0 aliphatic rings. The van der Waals surface area contributed by atoms with Crippen molar-refractivity contribution >= 4 is 0 Å². The predicted molar refractivity (Wildman–Crippen MR) is 70.5 cm³/mol. The van der Waals surface area contributed by atoms with Crippen LogP contribution in [0.25, 0.3) is 0 Å². The van der Waals surface area contributed by atoms with E-state index in [1.807, 2.05) is 0 Å². The van der Waals surface area contributed by atoms with Crippen LogP contribution in [-0.4, -0.2) is 13.1 Å². The van der Waals surface area contributed by atoms with E-state index in [1.165, 1.54) is 11.1 Å². The largest absolute Gasteiger partial charge is 0.330 e. The molecule has 2 heteroatoms. The number of rotatable bonds is 5. The monoisotopic (exact) mass is 220 g/mol. The third-order valence-electron chi connectivity index (χ3n) is 2.68. The van der Waals surface area contributed by atoms with Crippen LogP contribution < -0.4 is 11.1 Å². The van der Waals surface area contributed by atoms with Gasteiger partial charge in [-0.3, -0.25) is 0 Å². The summed E-state index contributed by atoms with van der Waals surface area (Å²) in [5, 5.41) is 3.40. The number of nitrogens with two attached hydrogens (primary N) is 1. The van der Waals surface area contributed by atoms with Gasteiger partial charge in [-0.2, -0.15) is 0 Å². The Kier molecular flexibility index (Phi) is 4.97. The van der Waals surface area contributed by atoms with E-state index in [-0.39, 0.29) is 5.41 Å². The van der Waals surface area contributed by atoms with E-state index in [4.69, 9.17) is 5.73 Å². The molecule has 90 valence electrons. The minimum Gasteiger partial charge on any atom is -0.330 e. The Hall–Kier alpha value is -0.860. The van der Waals surface area contributed by atoms with Crippen molar-refractivity contribution in [2.75, 3.05) is 13.1 Å². The lowest BCUT2D eigenvalue weighted by molar-refractivity contribution is 0.587. The average Bonchev–Trinajstić information content (AvgIpc) is 2.24. The second kappa shape index (κ2) is 6.02. The molecule has 1 rings (SSSR count). The Bertz CT molecular complexity index is 313. The van der Waals surface area contributed by atoms with Gasteiger partial charge in [-0.25, -0.2) is 0 Å². The highest BCUT2D eigenvalue weighted by Crippen LogP contribution is 2.22. The maximum absolute atomic E-state index is 5.45. The molecule has 0 saturated carbocycles. The van der Waals surface area contributed by atoms with E-state index in [2.05, 4.69) is 50.4 Å². The zero-order valence-corrected chi connectivity index (χ0v) is 10.7. The van der Waals surface area contributed by atoms with Crippen LogP contribution in [0, 0.1) is 0 Å². The Morgan fingerprint density at radius 1 is 1.25 bits per heavy atom. The molecule has 0 fully saturated rings. The number of hydrogen-bond donors (Lipinski definition) is 2. The molecule has 0 unspecified atom stereocenters. The number of benzene rings is 1. The van der Waals surface area contributed by atoms with Gasteiger partial charge >= 0.3 is 0 Å². The van der Waals surface area contributed by atoms with Crippen LogP contribution in [-0.2, 0) is 12.0 Å². The SMILES string of the molecule is CC(C)(C)c1cccc(CNCCCN)c1. The van der Waals surface area contributed by atoms with Crippen LogP contribution >= 0.6 is 0 Å². The van der Waals surface area contributed by atoms with Crippen molar-refractivity contribution in [1.29, 1.82) is 0 Å². The molecule has 16 heavy (non-hydrogen) atoms. The normalized spacial score (nSPS) is 11.8. The molecule has 3 N–H and O–H groups in total. The molecule has 0 bridgehead atoms. The number of hydrogen-bond acceptors (Lipinski definition) is 2. The van der Waals surface area contributed by atoms with Gasteiger partial charge in [0, 0.05) is 6.54 Å². The molecule has 0 saturated heterocycles. The fourth-order valence-corrected chi connectivity index (χ4v) is 1.61. The maximum Gasteiger partial charge on any atom is 0.0205 e. The summed E-state index contributed by atoms with van der Waals surface area (Å²) in [4.78, 5) is 0. The van der Waals surface area contributed by atoms with Crippen molar-refractivity contribution in [3.8, 4) is 0 Å². The van der Waals surface area contributed by atoms with Crippen LogP contribution in [0.4, 0.5) is 0 Å². The summed E-state index contributed by atoms with van der Waals surface area (Å²) in [5.41, 5.74) is 8.42. The lowest BCUT2D eigenvalue weighted by Crippen LogP contribution is -2.18. The van der Waals surface area contributed by atoms with Crippen LogP contribution in [0.3, 0.4) is 0 Å². The van der Waals surface area contributed by atoms with Gasteiger partial charge in [-0.05, 0) is 36.1 Å². The summed E-state index contributed by atoms with van der Waals surface area (Å²) in [7, 11) is 0. The molecule has 0 atom stereocenters. The van der Waals surface area contributed by atoms with E-state index in [1.54, 1.807) is 0 Å². The lowest BCUT2D eigenvalue weighted by atomic mass is 9.86. The van der Waals surface area contributed by atoms with Crippen molar-refractivity contribution in [2.45, 2.75) is 39.2 Å². The quantitative estimate of drug-likeness (QED) is 0.748. The smallest absolute Gasteiger partial charge is 0.0205 e. The third kappa shape index (κ3) is 4.33. The molecule has 0 amide bonds. The van der Waals surface area contributed by atoms with E-state index in [0.29, 0.717) is 0 Å². The topological polar surface area (TPSA) is 38.0 Å². The Morgan fingerprint density at radius 3 is 2.62 bits per heavy atom. The Morgan fingerprint density at radius 2 is 2.00 bits per heavy atom. The third-order valence-corrected chi connectivity index (χ3v) is 2.68. The number of nitrogens with one attached hydrogen (secondary N) is 1. The van der Waals surface area contributed by atoms with Gasteiger partial charge in [-0.15, -0.1) is 0 Å². The van der Waals surface area contributed by atoms with E-state index in [0.717, 1.165) is 26.1 Å². The van der Waals surface area contributed by atoms with Crippen LogP contribution in [0.15, 0.2) is 24.3 Å². The van der Waals surface area contributed by atoms with E-state index >= 15 is 0 Å². The summed E-state index contributed by atoms with van der Waals surface area (Å²) >= 11 is 0. The van der Waals surface area contributed by atoms with E-state index in [9.17, 15) is 0 Å². The summed E-state index contributed by atoms with van der Waals surface area (Å²) in [6.07, 6.45) is 1.04. The average molecular weight is 220 g/mol. The van der Waals surface area contributed by atoms with Gasteiger partial charge in [0.2, 0.25) is 0 Å².